The van der Waals surface area contributed by atoms with E-state index in [1.807, 2.05) is 0 Å². The third-order valence-electron chi connectivity index (χ3n) is 3.73. The molecule has 0 bridgehead atoms. The minimum absolute atomic E-state index is 0.162. The van der Waals surface area contributed by atoms with E-state index in [0.717, 1.165) is 25.9 Å². The molecule has 0 aliphatic carbocycles. The van der Waals surface area contributed by atoms with E-state index in [9.17, 15) is 4.79 Å². The van der Waals surface area contributed by atoms with Gasteiger partial charge in [-0.1, -0.05) is 33.4 Å². The van der Waals surface area contributed by atoms with Crippen molar-refractivity contribution in [2.75, 3.05) is 6.61 Å². The molecule has 3 nitrogen and oxygen atoms in total. The van der Waals surface area contributed by atoms with Gasteiger partial charge >= 0.3 is 5.97 Å². The number of ether oxygens (including phenoxy) is 1. The predicted molar refractivity (Wildman–Crippen MR) is 82.8 cm³/mol. The zero-order chi connectivity index (χ0) is 15.1. The first-order chi connectivity index (χ1) is 8.60. The molecule has 0 aromatic carbocycles. The third-order valence-corrected chi connectivity index (χ3v) is 8.27. The minimum Gasteiger partial charge on any atom is -0.458 e. The SMILES string of the molecule is C=CC(CCCCO[Si](C)(C)C(C)(C)C)OC(C)=O. The molecule has 0 fully saturated rings. The monoisotopic (exact) mass is 286 g/mol. The van der Waals surface area contributed by atoms with E-state index in [2.05, 4.69) is 40.4 Å². The van der Waals surface area contributed by atoms with Crippen molar-refractivity contribution in [3.63, 3.8) is 0 Å². The zero-order valence-electron chi connectivity index (χ0n) is 13.4. The van der Waals surface area contributed by atoms with Crippen LogP contribution in [-0.2, 0) is 14.0 Å². The lowest BCUT2D eigenvalue weighted by molar-refractivity contribution is -0.144. The van der Waals surface area contributed by atoms with E-state index in [1.165, 1.54) is 6.92 Å². The number of carbonyl (C=O) groups is 1. The standard InChI is InChI=1S/C15H30O3Si/c1-8-14(18-13(2)16)11-9-10-12-17-19(6,7)15(3,4)5/h8,14H,1,9-12H2,2-7H3. The fourth-order valence-corrected chi connectivity index (χ4v) is 2.52. The Morgan fingerprint density at radius 3 is 2.32 bits per heavy atom. The van der Waals surface area contributed by atoms with Crippen LogP contribution in [-0.4, -0.2) is 27.0 Å². The molecule has 0 saturated heterocycles. The molecule has 19 heavy (non-hydrogen) atoms. The summed E-state index contributed by atoms with van der Waals surface area (Å²) in [7, 11) is -1.62. The highest BCUT2D eigenvalue weighted by Gasteiger charge is 2.36. The molecule has 4 heteroatoms. The summed E-state index contributed by atoms with van der Waals surface area (Å²) in [6, 6.07) is 0. The van der Waals surface area contributed by atoms with Gasteiger partial charge in [0.05, 0.1) is 0 Å². The lowest BCUT2D eigenvalue weighted by Gasteiger charge is -2.36. The number of rotatable bonds is 8. The summed E-state index contributed by atoms with van der Waals surface area (Å²) in [6.45, 7) is 17.2. The molecule has 0 spiro atoms. The Hall–Kier alpha value is -0.613. The number of hydrogen-bond donors (Lipinski definition) is 0. The van der Waals surface area contributed by atoms with E-state index in [4.69, 9.17) is 9.16 Å². The van der Waals surface area contributed by atoms with Gasteiger partial charge in [-0.2, -0.15) is 0 Å². The van der Waals surface area contributed by atoms with Gasteiger partial charge in [-0.3, -0.25) is 4.79 Å². The summed E-state index contributed by atoms with van der Waals surface area (Å²) >= 11 is 0. The number of hydrogen-bond acceptors (Lipinski definition) is 3. The molecule has 1 atom stereocenters. The Labute approximate surface area is 119 Å². The van der Waals surface area contributed by atoms with Gasteiger partial charge in [0.15, 0.2) is 8.32 Å². The van der Waals surface area contributed by atoms with Crippen LogP contribution in [0.15, 0.2) is 12.7 Å². The molecule has 0 heterocycles. The minimum atomic E-state index is -1.62. The van der Waals surface area contributed by atoms with Gasteiger partial charge in [-0.25, -0.2) is 0 Å². The van der Waals surface area contributed by atoms with Gasteiger partial charge in [-0.05, 0) is 37.4 Å². The first kappa shape index (κ1) is 18.4. The van der Waals surface area contributed by atoms with E-state index >= 15 is 0 Å². The molecule has 0 rings (SSSR count). The van der Waals surface area contributed by atoms with Crippen molar-refractivity contribution < 1.29 is 14.0 Å². The lowest BCUT2D eigenvalue weighted by Crippen LogP contribution is -2.40. The molecule has 112 valence electrons. The van der Waals surface area contributed by atoms with Crippen molar-refractivity contribution >= 4 is 14.3 Å². The molecule has 1 unspecified atom stereocenters. The van der Waals surface area contributed by atoms with Crippen molar-refractivity contribution in [3.8, 4) is 0 Å². The molecule has 0 saturated carbocycles. The topological polar surface area (TPSA) is 35.5 Å². The molecule has 0 aromatic heterocycles. The molecule has 0 aliphatic heterocycles. The highest BCUT2D eigenvalue weighted by Crippen LogP contribution is 2.36. The third kappa shape index (κ3) is 7.53. The van der Waals surface area contributed by atoms with Gasteiger partial charge in [0, 0.05) is 13.5 Å². The molecule has 0 amide bonds. The molecular weight excluding hydrogens is 256 g/mol. The average Bonchev–Trinajstić information content (AvgIpc) is 2.24. The zero-order valence-corrected chi connectivity index (χ0v) is 14.4. The molecule has 0 aliphatic rings. The van der Waals surface area contributed by atoms with Gasteiger partial charge in [0.2, 0.25) is 0 Å². The van der Waals surface area contributed by atoms with Crippen molar-refractivity contribution in [2.45, 2.75) is 71.2 Å². The quantitative estimate of drug-likeness (QED) is 0.289. The van der Waals surface area contributed by atoms with Crippen LogP contribution in [0.2, 0.25) is 18.1 Å². The van der Waals surface area contributed by atoms with Crippen LogP contribution in [0.4, 0.5) is 0 Å². The lowest BCUT2D eigenvalue weighted by atomic mass is 10.1. The van der Waals surface area contributed by atoms with Crippen LogP contribution in [0.25, 0.3) is 0 Å². The summed E-state index contributed by atoms with van der Waals surface area (Å²) in [5, 5.41) is 0.258. The Kier molecular flexibility index (Phi) is 7.60. The van der Waals surface area contributed by atoms with E-state index in [0.29, 0.717) is 0 Å². The van der Waals surface area contributed by atoms with Gasteiger partial charge in [0.1, 0.15) is 6.10 Å². The summed E-state index contributed by atoms with van der Waals surface area (Å²) < 4.78 is 11.2. The maximum atomic E-state index is 10.9. The van der Waals surface area contributed by atoms with Crippen molar-refractivity contribution in [2.24, 2.45) is 0 Å². The molecule has 0 aromatic rings. The first-order valence-electron chi connectivity index (χ1n) is 7.04. The number of carbonyl (C=O) groups excluding carboxylic acids is 1. The Morgan fingerprint density at radius 1 is 1.32 bits per heavy atom. The van der Waals surface area contributed by atoms with Crippen LogP contribution in [0.5, 0.6) is 0 Å². The smallest absolute Gasteiger partial charge is 0.303 e. The molecular formula is C15H30O3Si. The van der Waals surface area contributed by atoms with Crippen LogP contribution in [0.1, 0.15) is 47.0 Å². The Balaban J connectivity index is 3.87. The molecule has 0 N–H and O–H groups in total. The van der Waals surface area contributed by atoms with Crippen LogP contribution in [0, 0.1) is 0 Å². The summed E-state index contributed by atoms with van der Waals surface area (Å²) in [5.74, 6) is -0.248. The number of esters is 1. The van der Waals surface area contributed by atoms with Crippen molar-refractivity contribution in [1.29, 1.82) is 0 Å². The maximum absolute atomic E-state index is 10.9. The summed E-state index contributed by atoms with van der Waals surface area (Å²) in [4.78, 5) is 10.9. The van der Waals surface area contributed by atoms with Gasteiger partial charge in [-0.15, -0.1) is 0 Å². The maximum Gasteiger partial charge on any atom is 0.303 e. The largest absolute Gasteiger partial charge is 0.458 e. The van der Waals surface area contributed by atoms with Crippen LogP contribution >= 0.6 is 0 Å². The Morgan fingerprint density at radius 2 is 1.89 bits per heavy atom. The second-order valence-corrected chi connectivity index (χ2v) is 11.3. The van der Waals surface area contributed by atoms with E-state index in [1.54, 1.807) is 6.08 Å². The normalized spacial score (nSPS) is 14.0. The second kappa shape index (κ2) is 7.85. The first-order valence-corrected chi connectivity index (χ1v) is 9.94. The molecule has 0 radical (unpaired) electrons. The van der Waals surface area contributed by atoms with Gasteiger partial charge in [0.25, 0.3) is 0 Å². The summed E-state index contributed by atoms with van der Waals surface area (Å²) in [5.41, 5.74) is 0. The highest BCUT2D eigenvalue weighted by atomic mass is 28.4. The van der Waals surface area contributed by atoms with E-state index < -0.39 is 8.32 Å². The fourth-order valence-electron chi connectivity index (χ4n) is 1.43. The number of unbranched alkanes of at least 4 members (excludes halogenated alkanes) is 1. The van der Waals surface area contributed by atoms with Crippen LogP contribution < -0.4 is 0 Å². The Bertz CT molecular complexity index is 292. The van der Waals surface area contributed by atoms with Gasteiger partial charge < -0.3 is 9.16 Å². The van der Waals surface area contributed by atoms with Crippen molar-refractivity contribution in [3.05, 3.63) is 12.7 Å². The van der Waals surface area contributed by atoms with E-state index in [-0.39, 0.29) is 17.1 Å². The van der Waals surface area contributed by atoms with Crippen molar-refractivity contribution in [1.82, 2.24) is 0 Å². The summed E-state index contributed by atoms with van der Waals surface area (Å²) in [6.07, 6.45) is 4.34. The fraction of sp³-hybridized carbons (Fsp3) is 0.800. The second-order valence-electron chi connectivity index (χ2n) is 6.49. The van der Waals surface area contributed by atoms with Crippen LogP contribution in [0.3, 0.4) is 0 Å². The average molecular weight is 286 g/mol. The highest BCUT2D eigenvalue weighted by molar-refractivity contribution is 6.74. The predicted octanol–water partition coefficient (Wildman–Crippen LogP) is 4.30.